The van der Waals surface area contributed by atoms with Crippen molar-refractivity contribution >= 4 is 40.6 Å². The van der Waals surface area contributed by atoms with E-state index < -0.39 is 0 Å². The molecule has 0 unspecified atom stereocenters. The Kier molecular flexibility index (Phi) is 10.0. The van der Waals surface area contributed by atoms with Crippen LogP contribution in [-0.4, -0.2) is 66.1 Å². The molecule has 35 heavy (non-hydrogen) atoms. The highest BCUT2D eigenvalue weighted by Crippen LogP contribution is 2.23. The Morgan fingerprint density at radius 3 is 2.31 bits per heavy atom. The molecule has 7 nitrogen and oxygen atoms in total. The summed E-state index contributed by atoms with van der Waals surface area (Å²) in [6, 6.07) is 13.4. The maximum absolute atomic E-state index is 12.9. The number of nitrogens with one attached hydrogen (secondary N) is 2. The van der Waals surface area contributed by atoms with Crippen molar-refractivity contribution in [3.8, 4) is 0 Å². The van der Waals surface area contributed by atoms with Crippen LogP contribution >= 0.6 is 12.2 Å². The third-order valence-corrected chi connectivity index (χ3v) is 6.53. The molecule has 0 spiro atoms. The van der Waals surface area contributed by atoms with Gasteiger partial charge < -0.3 is 20.3 Å². The van der Waals surface area contributed by atoms with Crippen LogP contribution in [0.4, 0.5) is 11.4 Å². The van der Waals surface area contributed by atoms with E-state index >= 15 is 0 Å². The number of rotatable bonds is 8. The van der Waals surface area contributed by atoms with E-state index in [0.717, 1.165) is 44.6 Å². The van der Waals surface area contributed by atoms with Crippen LogP contribution in [0.15, 0.2) is 42.5 Å². The summed E-state index contributed by atoms with van der Waals surface area (Å²) in [5.74, 6) is -0.361. The van der Waals surface area contributed by atoms with E-state index in [1.165, 1.54) is 11.1 Å². The normalized spacial score (nSPS) is 14.2. The fraction of sp³-hybridized carbons (Fsp3) is 0.444. The average Bonchev–Trinajstić information content (AvgIpc) is 3.10. The average molecular weight is 497 g/mol. The Morgan fingerprint density at radius 2 is 1.63 bits per heavy atom. The number of nitrogens with zero attached hydrogens (tertiary/aromatic N) is 2. The smallest absolute Gasteiger partial charge is 0.340 e. The number of hydrogen-bond acceptors (Lipinski definition) is 5. The summed E-state index contributed by atoms with van der Waals surface area (Å²) >= 11 is 5.66. The number of benzene rings is 2. The van der Waals surface area contributed by atoms with Gasteiger partial charge in [-0.3, -0.25) is 9.69 Å². The van der Waals surface area contributed by atoms with Crippen molar-refractivity contribution in [2.45, 2.75) is 40.0 Å². The minimum atomic E-state index is -0.373. The first-order valence-corrected chi connectivity index (χ1v) is 12.8. The van der Waals surface area contributed by atoms with Crippen LogP contribution in [0.25, 0.3) is 0 Å². The number of aryl methyl sites for hydroxylation is 2. The molecular formula is C27H36N4O3S. The van der Waals surface area contributed by atoms with Gasteiger partial charge in [0.2, 0.25) is 5.91 Å². The zero-order valence-electron chi connectivity index (χ0n) is 20.9. The Balaban J connectivity index is 1.57. The molecule has 1 amide bonds. The lowest BCUT2D eigenvalue weighted by Crippen LogP contribution is -2.39. The molecule has 0 bridgehead atoms. The zero-order valence-corrected chi connectivity index (χ0v) is 21.7. The van der Waals surface area contributed by atoms with Gasteiger partial charge in [-0.05, 0) is 61.7 Å². The lowest BCUT2D eigenvalue weighted by atomic mass is 10.0. The fourth-order valence-corrected chi connectivity index (χ4v) is 4.58. The number of amides is 1. The summed E-state index contributed by atoms with van der Waals surface area (Å²) in [7, 11) is 0. The van der Waals surface area contributed by atoms with Gasteiger partial charge in [0.25, 0.3) is 0 Å². The SMILES string of the molecule is CCOC(=O)c1ccccc1NC(=S)N1CCCN(CC(=O)Nc2c(CC)cccc2CC)CC1. The summed E-state index contributed by atoms with van der Waals surface area (Å²) in [5.41, 5.74) is 4.39. The Hall–Kier alpha value is -2.97. The minimum Gasteiger partial charge on any atom is -0.462 e. The molecular weight excluding hydrogens is 460 g/mol. The molecule has 0 saturated carbocycles. The lowest BCUT2D eigenvalue weighted by molar-refractivity contribution is -0.117. The van der Waals surface area contributed by atoms with Crippen molar-refractivity contribution in [1.82, 2.24) is 9.80 Å². The Labute approximate surface area is 213 Å². The molecule has 1 aliphatic heterocycles. The number of para-hydroxylation sites is 2. The van der Waals surface area contributed by atoms with Gasteiger partial charge in [0.15, 0.2) is 5.11 Å². The van der Waals surface area contributed by atoms with Crippen LogP contribution in [0.2, 0.25) is 0 Å². The van der Waals surface area contributed by atoms with Gasteiger partial charge >= 0.3 is 5.97 Å². The summed E-state index contributed by atoms with van der Waals surface area (Å²) in [4.78, 5) is 29.4. The molecule has 1 heterocycles. The molecule has 2 aromatic rings. The van der Waals surface area contributed by atoms with Crippen LogP contribution in [0, 0.1) is 0 Å². The predicted molar refractivity (Wildman–Crippen MR) is 145 cm³/mol. The highest BCUT2D eigenvalue weighted by molar-refractivity contribution is 7.80. The maximum Gasteiger partial charge on any atom is 0.340 e. The van der Waals surface area contributed by atoms with Crippen molar-refractivity contribution < 1.29 is 14.3 Å². The Bertz CT molecular complexity index is 1020. The van der Waals surface area contributed by atoms with Gasteiger partial charge in [-0.1, -0.05) is 44.2 Å². The molecule has 188 valence electrons. The van der Waals surface area contributed by atoms with Gasteiger partial charge in [0.1, 0.15) is 0 Å². The van der Waals surface area contributed by atoms with E-state index in [0.29, 0.717) is 36.1 Å². The third kappa shape index (κ3) is 7.26. The van der Waals surface area contributed by atoms with Gasteiger partial charge in [-0.15, -0.1) is 0 Å². The van der Waals surface area contributed by atoms with E-state index in [4.69, 9.17) is 17.0 Å². The highest BCUT2D eigenvalue weighted by atomic mass is 32.1. The minimum absolute atomic E-state index is 0.0121. The summed E-state index contributed by atoms with van der Waals surface area (Å²) in [5, 5.41) is 6.95. The number of ether oxygens (including phenoxy) is 1. The number of carbonyl (C=O) groups is 2. The standard InChI is InChI=1S/C27H36N4O3S/c1-4-20-11-9-12-21(5-2)25(20)29-24(32)19-30-15-10-16-31(18-17-30)27(35)28-23-14-8-7-13-22(23)26(33)34-6-3/h7-9,11-14H,4-6,10,15-19H2,1-3H3,(H,28,35)(H,29,32). The number of hydrogen-bond donors (Lipinski definition) is 2. The molecule has 3 rings (SSSR count). The molecule has 8 heteroatoms. The molecule has 2 N–H and O–H groups in total. The van der Waals surface area contributed by atoms with Crippen molar-refractivity contribution in [1.29, 1.82) is 0 Å². The Morgan fingerprint density at radius 1 is 0.914 bits per heavy atom. The van der Waals surface area contributed by atoms with E-state index in [-0.39, 0.29) is 11.9 Å². The largest absolute Gasteiger partial charge is 0.462 e. The number of carbonyl (C=O) groups excluding carboxylic acids is 2. The first-order chi connectivity index (χ1) is 17.0. The molecule has 1 aliphatic rings. The van der Waals surface area contributed by atoms with Gasteiger partial charge in [-0.2, -0.15) is 0 Å². The molecule has 2 aromatic carbocycles. The summed E-state index contributed by atoms with van der Waals surface area (Å²) in [6.45, 7) is 9.69. The third-order valence-electron chi connectivity index (χ3n) is 6.17. The van der Waals surface area contributed by atoms with Crippen molar-refractivity contribution in [3.63, 3.8) is 0 Å². The predicted octanol–water partition coefficient (Wildman–Crippen LogP) is 4.33. The molecule has 0 aliphatic carbocycles. The van der Waals surface area contributed by atoms with E-state index in [2.05, 4.69) is 52.5 Å². The second kappa shape index (κ2) is 13.2. The first-order valence-electron chi connectivity index (χ1n) is 12.4. The van der Waals surface area contributed by atoms with Gasteiger partial charge in [-0.25, -0.2) is 4.79 Å². The molecule has 0 atom stereocenters. The fourth-order valence-electron chi connectivity index (χ4n) is 4.29. The summed E-state index contributed by atoms with van der Waals surface area (Å²) < 4.78 is 5.16. The summed E-state index contributed by atoms with van der Waals surface area (Å²) in [6.07, 6.45) is 2.65. The zero-order chi connectivity index (χ0) is 25.2. The second-order valence-electron chi connectivity index (χ2n) is 8.52. The first kappa shape index (κ1) is 26.6. The van der Waals surface area contributed by atoms with Crippen LogP contribution < -0.4 is 10.6 Å². The van der Waals surface area contributed by atoms with Gasteiger partial charge in [0.05, 0.1) is 24.4 Å². The van der Waals surface area contributed by atoms with Crippen LogP contribution in [0.5, 0.6) is 0 Å². The highest BCUT2D eigenvalue weighted by Gasteiger charge is 2.21. The topological polar surface area (TPSA) is 73.9 Å². The lowest BCUT2D eigenvalue weighted by Gasteiger charge is -2.25. The van der Waals surface area contributed by atoms with Gasteiger partial charge in [0, 0.05) is 31.9 Å². The van der Waals surface area contributed by atoms with Crippen LogP contribution in [-0.2, 0) is 22.4 Å². The molecule has 1 saturated heterocycles. The second-order valence-corrected chi connectivity index (χ2v) is 8.91. The number of anilines is 2. The van der Waals surface area contributed by atoms with Crippen molar-refractivity contribution in [2.75, 3.05) is 50.0 Å². The molecule has 1 fully saturated rings. The van der Waals surface area contributed by atoms with E-state index in [1.54, 1.807) is 19.1 Å². The van der Waals surface area contributed by atoms with E-state index in [1.807, 2.05) is 12.1 Å². The molecule has 0 radical (unpaired) electrons. The number of thiocarbonyl (C=S) groups is 1. The van der Waals surface area contributed by atoms with E-state index in [9.17, 15) is 9.59 Å². The maximum atomic E-state index is 12.9. The monoisotopic (exact) mass is 496 g/mol. The van der Waals surface area contributed by atoms with Crippen molar-refractivity contribution in [3.05, 3.63) is 59.2 Å². The quantitative estimate of drug-likeness (QED) is 0.416. The van der Waals surface area contributed by atoms with Crippen LogP contribution in [0.1, 0.15) is 48.7 Å². The van der Waals surface area contributed by atoms with Crippen LogP contribution in [0.3, 0.4) is 0 Å². The van der Waals surface area contributed by atoms with Crippen molar-refractivity contribution in [2.24, 2.45) is 0 Å². The number of esters is 1. The molecule has 0 aromatic heterocycles.